The number of hydrogen-bond donors (Lipinski definition) is 0. The largest absolute Gasteiger partial charge is 0.494 e. The minimum Gasteiger partial charge on any atom is -0.494 e. The molecular weight excluding hydrogens is 304 g/mol. The number of rotatable bonds is 5. The van der Waals surface area contributed by atoms with E-state index in [1.165, 1.54) is 4.90 Å². The van der Waals surface area contributed by atoms with E-state index in [0.717, 1.165) is 38.1 Å². The van der Waals surface area contributed by atoms with Gasteiger partial charge in [0.15, 0.2) is 0 Å². The molecule has 5 heteroatoms. The number of imide groups is 1. The summed E-state index contributed by atoms with van der Waals surface area (Å²) in [7, 11) is 0. The van der Waals surface area contributed by atoms with Crippen molar-refractivity contribution >= 4 is 17.5 Å². The van der Waals surface area contributed by atoms with Crippen LogP contribution in [0.4, 0.5) is 5.69 Å². The second kappa shape index (κ2) is 7.34. The van der Waals surface area contributed by atoms with Crippen molar-refractivity contribution in [3.05, 3.63) is 24.3 Å². The molecule has 1 aromatic carbocycles. The zero-order valence-corrected chi connectivity index (χ0v) is 14.5. The van der Waals surface area contributed by atoms with Gasteiger partial charge in [-0.1, -0.05) is 13.8 Å². The van der Waals surface area contributed by atoms with Crippen molar-refractivity contribution in [2.75, 3.05) is 24.6 Å². The molecule has 2 saturated heterocycles. The maximum Gasteiger partial charge on any atom is 0.251 e. The lowest BCUT2D eigenvalue weighted by Gasteiger charge is -2.33. The Morgan fingerprint density at radius 1 is 1.12 bits per heavy atom. The van der Waals surface area contributed by atoms with Crippen LogP contribution in [0, 0.1) is 5.92 Å². The monoisotopic (exact) mass is 330 g/mol. The Balaban J connectivity index is 1.70. The Labute approximate surface area is 143 Å². The Morgan fingerprint density at radius 2 is 1.79 bits per heavy atom. The lowest BCUT2D eigenvalue weighted by Crippen LogP contribution is -2.45. The topological polar surface area (TPSA) is 49.9 Å². The summed E-state index contributed by atoms with van der Waals surface area (Å²) in [4.78, 5) is 28.7. The first kappa shape index (κ1) is 17.0. The highest BCUT2D eigenvalue weighted by Gasteiger charge is 2.43. The zero-order valence-electron chi connectivity index (χ0n) is 14.5. The van der Waals surface area contributed by atoms with E-state index in [1.54, 1.807) is 12.1 Å². The fourth-order valence-corrected chi connectivity index (χ4v) is 3.42. The fraction of sp³-hybridized carbons (Fsp3) is 0.579. The third-order valence-corrected chi connectivity index (χ3v) is 4.95. The molecule has 2 aliphatic heterocycles. The number of benzene rings is 1. The van der Waals surface area contributed by atoms with Gasteiger partial charge in [0, 0.05) is 0 Å². The molecule has 0 aliphatic carbocycles. The first-order valence-corrected chi connectivity index (χ1v) is 8.94. The molecule has 1 aromatic rings. The van der Waals surface area contributed by atoms with E-state index in [0.29, 0.717) is 24.6 Å². The Bertz CT molecular complexity index is 591. The van der Waals surface area contributed by atoms with Crippen LogP contribution in [-0.4, -0.2) is 42.5 Å². The van der Waals surface area contributed by atoms with Gasteiger partial charge in [-0.15, -0.1) is 0 Å². The molecule has 2 amide bonds. The molecule has 0 N–H and O–H groups in total. The van der Waals surface area contributed by atoms with Crippen molar-refractivity contribution < 1.29 is 14.3 Å². The number of nitrogens with zero attached hydrogens (tertiary/aromatic N) is 2. The number of ether oxygens (including phenoxy) is 1. The van der Waals surface area contributed by atoms with Crippen molar-refractivity contribution in [3.63, 3.8) is 0 Å². The van der Waals surface area contributed by atoms with Gasteiger partial charge in [-0.3, -0.25) is 14.5 Å². The third kappa shape index (κ3) is 3.46. The van der Waals surface area contributed by atoms with Crippen LogP contribution in [0.5, 0.6) is 5.75 Å². The van der Waals surface area contributed by atoms with E-state index in [2.05, 4.69) is 18.7 Å². The van der Waals surface area contributed by atoms with Crippen molar-refractivity contribution in [2.45, 2.75) is 45.6 Å². The van der Waals surface area contributed by atoms with Gasteiger partial charge in [-0.2, -0.15) is 0 Å². The molecule has 0 unspecified atom stereocenters. The van der Waals surface area contributed by atoms with Gasteiger partial charge in [0.25, 0.3) is 5.91 Å². The second-order valence-electron chi connectivity index (χ2n) is 6.85. The first-order chi connectivity index (χ1) is 11.6. The molecule has 5 nitrogen and oxygen atoms in total. The van der Waals surface area contributed by atoms with E-state index >= 15 is 0 Å². The Kier molecular flexibility index (Phi) is 5.19. The molecule has 130 valence electrons. The Hall–Kier alpha value is -1.88. The summed E-state index contributed by atoms with van der Waals surface area (Å²) < 4.78 is 5.56. The summed E-state index contributed by atoms with van der Waals surface area (Å²) >= 11 is 0. The highest BCUT2D eigenvalue weighted by Crippen LogP contribution is 2.29. The Morgan fingerprint density at radius 3 is 2.42 bits per heavy atom. The summed E-state index contributed by atoms with van der Waals surface area (Å²) in [5, 5.41) is 0. The van der Waals surface area contributed by atoms with E-state index in [9.17, 15) is 9.59 Å². The molecule has 0 saturated carbocycles. The van der Waals surface area contributed by atoms with E-state index in [4.69, 9.17) is 4.74 Å². The maximum atomic E-state index is 12.8. The minimum absolute atomic E-state index is 0.0863. The molecule has 3 rings (SSSR count). The quantitative estimate of drug-likeness (QED) is 0.779. The molecule has 0 radical (unpaired) electrons. The molecule has 2 fully saturated rings. The van der Waals surface area contributed by atoms with Gasteiger partial charge in [0.05, 0.1) is 24.8 Å². The van der Waals surface area contributed by atoms with E-state index in [1.807, 2.05) is 12.1 Å². The van der Waals surface area contributed by atoms with Crippen molar-refractivity contribution in [2.24, 2.45) is 5.92 Å². The first-order valence-electron chi connectivity index (χ1n) is 8.94. The predicted molar refractivity (Wildman–Crippen MR) is 93.1 cm³/mol. The van der Waals surface area contributed by atoms with E-state index in [-0.39, 0.29) is 17.9 Å². The van der Waals surface area contributed by atoms with E-state index < -0.39 is 0 Å². The third-order valence-electron chi connectivity index (χ3n) is 4.95. The SMILES string of the molecule is CCCOc1ccc(N2C(=O)C[C@H](N3CCC(C)CC3)C2=O)cc1. The lowest BCUT2D eigenvalue weighted by atomic mass is 9.97. The summed E-state index contributed by atoms with van der Waals surface area (Å²) in [6.07, 6.45) is 3.44. The van der Waals surface area contributed by atoms with Gasteiger partial charge in [0.2, 0.25) is 5.91 Å². The number of likely N-dealkylation sites (tertiary alicyclic amines) is 1. The number of anilines is 1. The van der Waals surface area contributed by atoms with Crippen LogP contribution in [-0.2, 0) is 9.59 Å². The smallest absolute Gasteiger partial charge is 0.251 e. The van der Waals surface area contributed by atoms with Crippen molar-refractivity contribution in [1.29, 1.82) is 0 Å². The average Bonchev–Trinajstić information content (AvgIpc) is 2.89. The average molecular weight is 330 g/mol. The molecule has 2 heterocycles. The summed E-state index contributed by atoms with van der Waals surface area (Å²) in [6, 6.07) is 6.94. The van der Waals surface area contributed by atoms with Crippen LogP contribution < -0.4 is 9.64 Å². The maximum absolute atomic E-state index is 12.8. The van der Waals surface area contributed by atoms with Crippen LogP contribution in [0.15, 0.2) is 24.3 Å². The van der Waals surface area contributed by atoms with Gasteiger partial charge in [-0.05, 0) is 62.5 Å². The van der Waals surface area contributed by atoms with Gasteiger partial charge < -0.3 is 4.74 Å². The molecule has 1 atom stereocenters. The molecular formula is C19H26N2O3. The van der Waals surface area contributed by atoms with Crippen molar-refractivity contribution in [3.8, 4) is 5.75 Å². The number of hydrogen-bond acceptors (Lipinski definition) is 4. The van der Waals surface area contributed by atoms with Crippen LogP contribution in [0.3, 0.4) is 0 Å². The van der Waals surface area contributed by atoms with Gasteiger partial charge in [-0.25, -0.2) is 4.90 Å². The van der Waals surface area contributed by atoms with Crippen molar-refractivity contribution in [1.82, 2.24) is 4.90 Å². The molecule has 0 spiro atoms. The van der Waals surface area contributed by atoms with Crippen LogP contribution in [0.2, 0.25) is 0 Å². The number of piperidine rings is 1. The summed E-state index contributed by atoms with van der Waals surface area (Å²) in [6.45, 7) is 6.77. The lowest BCUT2D eigenvalue weighted by molar-refractivity contribution is -0.123. The van der Waals surface area contributed by atoms with Gasteiger partial charge in [0.1, 0.15) is 5.75 Å². The molecule has 0 aromatic heterocycles. The van der Waals surface area contributed by atoms with Crippen LogP contribution in [0.1, 0.15) is 39.5 Å². The highest BCUT2D eigenvalue weighted by atomic mass is 16.5. The summed E-state index contributed by atoms with van der Waals surface area (Å²) in [5.41, 5.74) is 0.640. The predicted octanol–water partition coefficient (Wildman–Crippen LogP) is 2.84. The standard InChI is InChI=1S/C19H26N2O3/c1-3-12-24-16-6-4-15(5-7-16)21-18(22)13-17(19(21)23)20-10-8-14(2)9-11-20/h4-7,14,17H,3,8-13H2,1-2H3/t17-/m0/s1. The summed E-state index contributed by atoms with van der Waals surface area (Å²) in [5.74, 6) is 1.28. The van der Waals surface area contributed by atoms with Crippen LogP contribution >= 0.6 is 0 Å². The number of amides is 2. The normalized spacial score (nSPS) is 23.1. The molecule has 2 aliphatic rings. The minimum atomic E-state index is -0.291. The fourth-order valence-electron chi connectivity index (χ4n) is 3.42. The van der Waals surface area contributed by atoms with Crippen LogP contribution in [0.25, 0.3) is 0 Å². The zero-order chi connectivity index (χ0) is 17.1. The highest BCUT2D eigenvalue weighted by molar-refractivity contribution is 6.22. The number of carbonyl (C=O) groups excluding carboxylic acids is 2. The van der Waals surface area contributed by atoms with Gasteiger partial charge >= 0.3 is 0 Å². The second-order valence-corrected chi connectivity index (χ2v) is 6.85. The number of carbonyl (C=O) groups is 2. The molecule has 24 heavy (non-hydrogen) atoms. The molecule has 0 bridgehead atoms.